The number of nitrogen functional groups attached to an aromatic ring is 2. The summed E-state index contributed by atoms with van der Waals surface area (Å²) in [5.74, 6) is -0.477. The Morgan fingerprint density at radius 2 is 1.68 bits per heavy atom. The van der Waals surface area contributed by atoms with E-state index >= 15 is 0 Å². The zero-order valence-electron chi connectivity index (χ0n) is 9.52. The number of benzene rings is 1. The topological polar surface area (TPSA) is 107 Å². The molecule has 0 saturated carbocycles. The van der Waals surface area contributed by atoms with E-state index in [2.05, 4.69) is 15.3 Å². The number of nitrogens with two attached hydrogens (primary N) is 2. The highest BCUT2D eigenvalue weighted by molar-refractivity contribution is 6.39. The van der Waals surface area contributed by atoms with Crippen molar-refractivity contribution in [2.75, 3.05) is 16.8 Å². The first-order valence-corrected chi connectivity index (χ1v) is 5.87. The lowest BCUT2D eigenvalue weighted by Crippen LogP contribution is -2.16. The van der Waals surface area contributed by atoms with Gasteiger partial charge in [0.25, 0.3) is 5.91 Å². The largest absolute Gasteiger partial charge is 0.396 e. The van der Waals surface area contributed by atoms with Crippen molar-refractivity contribution in [3.63, 3.8) is 0 Å². The van der Waals surface area contributed by atoms with E-state index in [4.69, 9.17) is 34.7 Å². The van der Waals surface area contributed by atoms with E-state index < -0.39 is 5.91 Å². The van der Waals surface area contributed by atoms with Gasteiger partial charge in [-0.15, -0.1) is 0 Å². The molecule has 1 aromatic heterocycles. The third-order valence-corrected chi connectivity index (χ3v) is 2.90. The SMILES string of the molecule is Nc1nccnc1C(=O)Nc1cc(Cl)c(N)c(Cl)c1. The van der Waals surface area contributed by atoms with Crippen LogP contribution in [0.2, 0.25) is 10.0 Å². The minimum atomic E-state index is -0.512. The maximum Gasteiger partial charge on any atom is 0.278 e. The summed E-state index contributed by atoms with van der Waals surface area (Å²) in [6.45, 7) is 0. The molecule has 1 aromatic carbocycles. The number of amides is 1. The quantitative estimate of drug-likeness (QED) is 0.737. The minimum absolute atomic E-state index is 0.0200. The Hall–Kier alpha value is -2.05. The molecule has 0 spiro atoms. The van der Waals surface area contributed by atoms with Gasteiger partial charge < -0.3 is 16.8 Å². The van der Waals surface area contributed by atoms with Gasteiger partial charge in [-0.3, -0.25) is 4.79 Å². The number of aromatic nitrogens is 2. The zero-order valence-corrected chi connectivity index (χ0v) is 11.0. The van der Waals surface area contributed by atoms with Crippen molar-refractivity contribution >= 4 is 46.3 Å². The van der Waals surface area contributed by atoms with E-state index in [0.717, 1.165) is 0 Å². The molecule has 1 amide bonds. The summed E-state index contributed by atoms with van der Waals surface area (Å²) in [5, 5.41) is 3.05. The molecular weight excluding hydrogens is 289 g/mol. The second kappa shape index (κ2) is 5.29. The fraction of sp³-hybridized carbons (Fsp3) is 0. The lowest BCUT2D eigenvalue weighted by molar-refractivity contribution is 0.102. The maximum atomic E-state index is 11.9. The third kappa shape index (κ3) is 2.86. The smallest absolute Gasteiger partial charge is 0.278 e. The Labute approximate surface area is 118 Å². The normalized spacial score (nSPS) is 10.2. The van der Waals surface area contributed by atoms with Gasteiger partial charge >= 0.3 is 0 Å². The molecule has 98 valence electrons. The molecule has 19 heavy (non-hydrogen) atoms. The zero-order chi connectivity index (χ0) is 14.0. The summed E-state index contributed by atoms with van der Waals surface area (Å²) >= 11 is 11.7. The first-order valence-electron chi connectivity index (χ1n) is 5.11. The van der Waals surface area contributed by atoms with Crippen LogP contribution < -0.4 is 16.8 Å². The maximum absolute atomic E-state index is 11.9. The Morgan fingerprint density at radius 3 is 2.26 bits per heavy atom. The number of halogens is 2. The predicted molar refractivity (Wildman–Crippen MR) is 75.3 cm³/mol. The predicted octanol–water partition coefficient (Wildman–Crippen LogP) is 2.20. The number of carbonyl (C=O) groups is 1. The second-order valence-corrected chi connectivity index (χ2v) is 4.41. The van der Waals surface area contributed by atoms with Gasteiger partial charge in [-0.25, -0.2) is 9.97 Å². The van der Waals surface area contributed by atoms with Crippen molar-refractivity contribution in [1.82, 2.24) is 9.97 Å². The number of anilines is 3. The van der Waals surface area contributed by atoms with Crippen molar-refractivity contribution in [3.05, 3.63) is 40.3 Å². The van der Waals surface area contributed by atoms with Gasteiger partial charge in [0.1, 0.15) is 0 Å². The molecule has 8 heteroatoms. The van der Waals surface area contributed by atoms with E-state index in [1.165, 1.54) is 24.5 Å². The number of hydrogen-bond donors (Lipinski definition) is 3. The highest BCUT2D eigenvalue weighted by Crippen LogP contribution is 2.31. The molecule has 0 unspecified atom stereocenters. The Balaban J connectivity index is 2.27. The van der Waals surface area contributed by atoms with E-state index in [-0.39, 0.29) is 27.2 Å². The molecule has 0 bridgehead atoms. The molecular formula is C11H9Cl2N5O. The first kappa shape index (κ1) is 13.4. The molecule has 0 atom stereocenters. The number of nitrogens with one attached hydrogen (secondary N) is 1. The molecule has 2 rings (SSSR count). The Kier molecular flexibility index (Phi) is 3.73. The van der Waals surface area contributed by atoms with E-state index in [1.54, 1.807) is 0 Å². The van der Waals surface area contributed by atoms with Crippen LogP contribution >= 0.6 is 23.2 Å². The van der Waals surface area contributed by atoms with Gasteiger partial charge in [0, 0.05) is 18.1 Å². The molecule has 0 aliphatic heterocycles. The van der Waals surface area contributed by atoms with Crippen molar-refractivity contribution < 1.29 is 4.79 Å². The molecule has 0 fully saturated rings. The van der Waals surface area contributed by atoms with E-state index in [0.29, 0.717) is 5.69 Å². The van der Waals surface area contributed by atoms with Crippen LogP contribution in [0.25, 0.3) is 0 Å². The highest BCUT2D eigenvalue weighted by Gasteiger charge is 2.13. The summed E-state index contributed by atoms with van der Waals surface area (Å²) in [4.78, 5) is 19.6. The fourth-order valence-electron chi connectivity index (χ4n) is 1.37. The fourth-order valence-corrected chi connectivity index (χ4v) is 1.86. The van der Waals surface area contributed by atoms with Crippen molar-refractivity contribution in [3.8, 4) is 0 Å². The molecule has 6 nitrogen and oxygen atoms in total. The lowest BCUT2D eigenvalue weighted by atomic mass is 10.2. The van der Waals surface area contributed by atoms with Crippen molar-refractivity contribution in [1.29, 1.82) is 0 Å². The van der Waals surface area contributed by atoms with Gasteiger partial charge in [-0.2, -0.15) is 0 Å². The number of hydrogen-bond acceptors (Lipinski definition) is 5. The van der Waals surface area contributed by atoms with Gasteiger partial charge in [-0.05, 0) is 12.1 Å². The van der Waals surface area contributed by atoms with E-state index in [9.17, 15) is 4.79 Å². The van der Waals surface area contributed by atoms with Crippen molar-refractivity contribution in [2.24, 2.45) is 0 Å². The van der Waals surface area contributed by atoms with Crippen LogP contribution in [0.15, 0.2) is 24.5 Å². The summed E-state index contributed by atoms with van der Waals surface area (Å²) in [6, 6.07) is 2.96. The van der Waals surface area contributed by atoms with Crippen LogP contribution in [0, 0.1) is 0 Å². The summed E-state index contributed by atoms with van der Waals surface area (Å²) in [7, 11) is 0. The standard InChI is InChI=1S/C11H9Cl2N5O/c12-6-3-5(4-7(13)8(6)14)18-11(19)9-10(15)17-2-1-16-9/h1-4H,14H2,(H2,15,17)(H,18,19). The van der Waals surface area contributed by atoms with Gasteiger partial charge in [0.15, 0.2) is 11.5 Å². The van der Waals surface area contributed by atoms with Crippen LogP contribution in [0.3, 0.4) is 0 Å². The molecule has 2 aromatic rings. The molecule has 5 N–H and O–H groups in total. The highest BCUT2D eigenvalue weighted by atomic mass is 35.5. The van der Waals surface area contributed by atoms with Crippen LogP contribution in [0.5, 0.6) is 0 Å². The first-order chi connectivity index (χ1) is 8.99. The minimum Gasteiger partial charge on any atom is -0.396 e. The van der Waals surface area contributed by atoms with Gasteiger partial charge in [0.2, 0.25) is 0 Å². The van der Waals surface area contributed by atoms with Gasteiger partial charge in [-0.1, -0.05) is 23.2 Å². The molecule has 0 aliphatic carbocycles. The molecule has 0 aliphatic rings. The summed E-state index contributed by atoms with van der Waals surface area (Å²) < 4.78 is 0. The number of nitrogens with zero attached hydrogens (tertiary/aromatic N) is 2. The average molecular weight is 298 g/mol. The second-order valence-electron chi connectivity index (χ2n) is 3.60. The third-order valence-electron chi connectivity index (χ3n) is 2.28. The summed E-state index contributed by atoms with van der Waals surface area (Å²) in [6.07, 6.45) is 2.76. The lowest BCUT2D eigenvalue weighted by Gasteiger charge is -2.08. The number of rotatable bonds is 2. The van der Waals surface area contributed by atoms with E-state index in [1.807, 2.05) is 0 Å². The molecule has 0 radical (unpaired) electrons. The van der Waals surface area contributed by atoms with Gasteiger partial charge in [0.05, 0.1) is 15.7 Å². The Bertz CT molecular complexity index is 624. The van der Waals surface area contributed by atoms with Crippen LogP contribution in [0.1, 0.15) is 10.5 Å². The van der Waals surface area contributed by atoms with Crippen LogP contribution in [-0.4, -0.2) is 15.9 Å². The average Bonchev–Trinajstić information content (AvgIpc) is 2.36. The van der Waals surface area contributed by atoms with Crippen LogP contribution in [0.4, 0.5) is 17.2 Å². The molecule has 1 heterocycles. The van der Waals surface area contributed by atoms with Crippen LogP contribution in [-0.2, 0) is 0 Å². The van der Waals surface area contributed by atoms with Crippen molar-refractivity contribution in [2.45, 2.75) is 0 Å². The molecule has 0 saturated heterocycles. The monoisotopic (exact) mass is 297 g/mol. The number of carbonyl (C=O) groups excluding carboxylic acids is 1. The Morgan fingerprint density at radius 1 is 1.11 bits per heavy atom. The summed E-state index contributed by atoms with van der Waals surface area (Å²) in [5.41, 5.74) is 11.8.